The second kappa shape index (κ2) is 4.58. The van der Waals surface area contributed by atoms with Gasteiger partial charge in [0.15, 0.2) is 0 Å². The smallest absolute Gasteiger partial charge is 0.237 e. The first kappa shape index (κ1) is 13.6. The molecule has 0 aromatic heterocycles. The van der Waals surface area contributed by atoms with Crippen molar-refractivity contribution in [1.29, 1.82) is 0 Å². The normalized spacial score (nSPS) is 16.1. The number of halogens is 1. The summed E-state index contributed by atoms with van der Waals surface area (Å²) in [4.78, 5) is 14.4. The average Bonchev–Trinajstić information content (AvgIpc) is 2.63. The summed E-state index contributed by atoms with van der Waals surface area (Å²) in [6.07, 6.45) is 0. The van der Waals surface area contributed by atoms with Gasteiger partial charge in [-0.15, -0.1) is 0 Å². The molecule has 2 N–H and O–H groups in total. The Morgan fingerprint density at radius 1 is 1.19 bits per heavy atom. The fraction of sp³-hybridized carbons (Fsp3) is 0.235. The molecule has 1 amide bonds. The van der Waals surface area contributed by atoms with Gasteiger partial charge in [-0.2, -0.15) is 0 Å². The molecular weight excluding hydrogens is 267 g/mol. The van der Waals surface area contributed by atoms with Gasteiger partial charge in [0.05, 0.1) is 12.0 Å². The molecule has 0 bridgehead atoms. The van der Waals surface area contributed by atoms with E-state index in [4.69, 9.17) is 5.73 Å². The lowest BCUT2D eigenvalue weighted by molar-refractivity contribution is -0.122. The van der Waals surface area contributed by atoms with Crippen LogP contribution in [0.4, 0.5) is 15.8 Å². The standard InChI is InChI=1S/C17H17FN2O/c1-17(2)13-5-3-4-6-15(13)20(16(17)21)10-11-7-8-12(18)9-14(11)19/h3-9H,10,19H2,1-2H3. The Kier molecular flexibility index (Phi) is 2.97. The zero-order chi connectivity index (χ0) is 15.2. The van der Waals surface area contributed by atoms with Crippen molar-refractivity contribution in [2.45, 2.75) is 25.8 Å². The first-order valence-electron chi connectivity index (χ1n) is 6.86. The number of fused-ring (bicyclic) bond motifs is 1. The summed E-state index contributed by atoms with van der Waals surface area (Å²) in [6, 6.07) is 12.0. The van der Waals surface area contributed by atoms with E-state index in [9.17, 15) is 9.18 Å². The second-order valence-corrected chi connectivity index (χ2v) is 5.88. The third-order valence-corrected chi connectivity index (χ3v) is 4.08. The summed E-state index contributed by atoms with van der Waals surface area (Å²) in [5, 5.41) is 0. The van der Waals surface area contributed by atoms with Gasteiger partial charge < -0.3 is 10.6 Å². The minimum Gasteiger partial charge on any atom is -0.398 e. The molecule has 1 heterocycles. The Balaban J connectivity index is 2.02. The van der Waals surface area contributed by atoms with Crippen molar-refractivity contribution in [3.05, 3.63) is 59.4 Å². The van der Waals surface area contributed by atoms with Crippen LogP contribution in [0.25, 0.3) is 0 Å². The van der Waals surface area contributed by atoms with Crippen molar-refractivity contribution < 1.29 is 9.18 Å². The van der Waals surface area contributed by atoms with Gasteiger partial charge in [0.25, 0.3) is 0 Å². The van der Waals surface area contributed by atoms with Crippen LogP contribution in [0.1, 0.15) is 25.0 Å². The number of hydrogen-bond donors (Lipinski definition) is 1. The number of rotatable bonds is 2. The van der Waals surface area contributed by atoms with E-state index >= 15 is 0 Å². The molecule has 0 aliphatic carbocycles. The number of nitrogens with two attached hydrogens (primary N) is 1. The zero-order valence-electron chi connectivity index (χ0n) is 12.1. The van der Waals surface area contributed by atoms with Crippen LogP contribution in [0.15, 0.2) is 42.5 Å². The molecule has 3 rings (SSSR count). The number of anilines is 2. The summed E-state index contributed by atoms with van der Waals surface area (Å²) in [5.41, 5.74) is 8.33. The highest BCUT2D eigenvalue weighted by atomic mass is 19.1. The van der Waals surface area contributed by atoms with E-state index in [-0.39, 0.29) is 11.7 Å². The molecule has 0 radical (unpaired) electrons. The summed E-state index contributed by atoms with van der Waals surface area (Å²) in [6.45, 7) is 4.19. The van der Waals surface area contributed by atoms with Gasteiger partial charge in [-0.05, 0) is 43.2 Å². The lowest BCUT2D eigenvalue weighted by Gasteiger charge is -2.21. The number of carbonyl (C=O) groups excluding carboxylic acids is 1. The summed E-state index contributed by atoms with van der Waals surface area (Å²) in [5.74, 6) is -0.336. The topological polar surface area (TPSA) is 46.3 Å². The highest BCUT2D eigenvalue weighted by molar-refractivity contribution is 6.07. The summed E-state index contributed by atoms with van der Waals surface area (Å²) >= 11 is 0. The Hall–Kier alpha value is -2.36. The quantitative estimate of drug-likeness (QED) is 0.861. The van der Waals surface area contributed by atoms with Crippen LogP contribution in [0.3, 0.4) is 0 Å². The summed E-state index contributed by atoms with van der Waals surface area (Å²) < 4.78 is 13.1. The molecule has 0 saturated heterocycles. The predicted molar refractivity (Wildman–Crippen MR) is 81.5 cm³/mol. The largest absolute Gasteiger partial charge is 0.398 e. The van der Waals surface area contributed by atoms with Gasteiger partial charge >= 0.3 is 0 Å². The van der Waals surface area contributed by atoms with Crippen LogP contribution in [0, 0.1) is 5.82 Å². The molecule has 2 aromatic rings. The number of hydrogen-bond acceptors (Lipinski definition) is 2. The second-order valence-electron chi connectivity index (χ2n) is 5.88. The summed E-state index contributed by atoms with van der Waals surface area (Å²) in [7, 11) is 0. The van der Waals surface area contributed by atoms with E-state index in [1.807, 2.05) is 38.1 Å². The number of nitrogens with zero attached hydrogens (tertiary/aromatic N) is 1. The highest BCUT2D eigenvalue weighted by Gasteiger charge is 2.43. The van der Waals surface area contributed by atoms with E-state index in [1.165, 1.54) is 12.1 Å². The number of benzene rings is 2. The lowest BCUT2D eigenvalue weighted by atomic mass is 9.86. The SMILES string of the molecule is CC1(C)C(=O)N(Cc2ccc(F)cc2N)c2ccccc21. The Bertz CT molecular complexity index is 724. The van der Waals surface area contributed by atoms with Crippen LogP contribution in [-0.2, 0) is 16.8 Å². The molecule has 4 heteroatoms. The Morgan fingerprint density at radius 3 is 2.62 bits per heavy atom. The Morgan fingerprint density at radius 2 is 1.90 bits per heavy atom. The van der Waals surface area contributed by atoms with Gasteiger partial charge in [-0.25, -0.2) is 4.39 Å². The molecule has 0 unspecified atom stereocenters. The third kappa shape index (κ3) is 2.07. The predicted octanol–water partition coefficient (Wildman–Crippen LogP) is 3.23. The first-order valence-corrected chi connectivity index (χ1v) is 6.86. The van der Waals surface area contributed by atoms with Gasteiger partial charge in [-0.3, -0.25) is 4.79 Å². The number of carbonyl (C=O) groups is 1. The van der Waals surface area contributed by atoms with Crippen LogP contribution in [-0.4, -0.2) is 5.91 Å². The lowest BCUT2D eigenvalue weighted by Crippen LogP contribution is -2.35. The van der Waals surface area contributed by atoms with E-state index in [1.54, 1.807) is 11.0 Å². The molecule has 2 aromatic carbocycles. The van der Waals surface area contributed by atoms with E-state index < -0.39 is 5.41 Å². The monoisotopic (exact) mass is 284 g/mol. The molecule has 0 spiro atoms. The van der Waals surface area contributed by atoms with Crippen molar-refractivity contribution in [2.75, 3.05) is 10.6 Å². The van der Waals surface area contributed by atoms with Crippen LogP contribution >= 0.6 is 0 Å². The molecule has 1 aliphatic rings. The number of para-hydroxylation sites is 1. The van der Waals surface area contributed by atoms with Gasteiger partial charge in [0.2, 0.25) is 5.91 Å². The Labute approximate surface area is 123 Å². The van der Waals surface area contributed by atoms with Gasteiger partial charge in [-0.1, -0.05) is 24.3 Å². The molecular formula is C17H17FN2O. The van der Waals surface area contributed by atoms with E-state index in [2.05, 4.69) is 0 Å². The first-order chi connectivity index (χ1) is 9.91. The van der Waals surface area contributed by atoms with Crippen molar-refractivity contribution in [2.24, 2.45) is 0 Å². The molecule has 21 heavy (non-hydrogen) atoms. The van der Waals surface area contributed by atoms with Crippen molar-refractivity contribution in [3.63, 3.8) is 0 Å². The van der Waals surface area contributed by atoms with Crippen molar-refractivity contribution in [1.82, 2.24) is 0 Å². The van der Waals surface area contributed by atoms with Crippen LogP contribution < -0.4 is 10.6 Å². The molecule has 1 aliphatic heterocycles. The van der Waals surface area contributed by atoms with Crippen molar-refractivity contribution in [3.8, 4) is 0 Å². The number of nitrogen functional groups attached to an aromatic ring is 1. The van der Waals surface area contributed by atoms with Crippen LogP contribution in [0.5, 0.6) is 0 Å². The zero-order valence-corrected chi connectivity index (χ0v) is 12.1. The maximum atomic E-state index is 13.1. The van der Waals surface area contributed by atoms with Gasteiger partial charge in [0.1, 0.15) is 5.82 Å². The third-order valence-electron chi connectivity index (χ3n) is 4.08. The van der Waals surface area contributed by atoms with E-state index in [0.717, 1.165) is 16.8 Å². The average molecular weight is 284 g/mol. The molecule has 0 atom stereocenters. The number of amides is 1. The fourth-order valence-electron chi connectivity index (χ4n) is 2.84. The van der Waals surface area contributed by atoms with Crippen LogP contribution in [0.2, 0.25) is 0 Å². The fourth-order valence-corrected chi connectivity index (χ4v) is 2.84. The molecule has 3 nitrogen and oxygen atoms in total. The minimum absolute atomic E-state index is 0.0347. The minimum atomic E-state index is -0.550. The maximum absolute atomic E-state index is 13.1. The molecule has 0 saturated carbocycles. The maximum Gasteiger partial charge on any atom is 0.237 e. The van der Waals surface area contributed by atoms with Crippen molar-refractivity contribution >= 4 is 17.3 Å². The van der Waals surface area contributed by atoms with E-state index in [0.29, 0.717) is 12.2 Å². The highest BCUT2D eigenvalue weighted by Crippen LogP contribution is 2.42. The molecule has 108 valence electrons. The molecule has 0 fully saturated rings. The van der Waals surface area contributed by atoms with Gasteiger partial charge in [0, 0.05) is 11.4 Å².